The molecule has 0 fully saturated rings. The van der Waals surface area contributed by atoms with Crippen LogP contribution in [0, 0.1) is 10.1 Å². The number of ether oxygens (including phenoxy) is 2. The lowest BCUT2D eigenvalue weighted by atomic mass is 10.1. The molecule has 1 aromatic carbocycles. The second-order valence-corrected chi connectivity index (χ2v) is 6.67. The molecule has 0 heterocycles. The van der Waals surface area contributed by atoms with Gasteiger partial charge in [0.15, 0.2) is 5.75 Å². The molecule has 0 atom stereocenters. The quantitative estimate of drug-likeness (QED) is 0.616. The first-order valence-electron chi connectivity index (χ1n) is 6.58. The Morgan fingerprint density at radius 1 is 1.10 bits per heavy atom. The molecule has 5 nitrogen and oxygen atoms in total. The molecule has 0 aliphatic rings. The van der Waals surface area contributed by atoms with E-state index in [-0.39, 0.29) is 17.0 Å². The number of rotatable bonds is 4. The van der Waals surface area contributed by atoms with Crippen molar-refractivity contribution in [3.63, 3.8) is 0 Å². The molecule has 0 saturated carbocycles. The molecule has 0 aliphatic carbocycles. The number of hydrogen-bond donors (Lipinski definition) is 0. The van der Waals surface area contributed by atoms with Crippen molar-refractivity contribution in [2.45, 2.75) is 59.4 Å². The third-order valence-electron chi connectivity index (χ3n) is 2.31. The van der Waals surface area contributed by atoms with Crippen LogP contribution in [-0.2, 0) is 11.3 Å². The van der Waals surface area contributed by atoms with E-state index in [1.165, 1.54) is 6.07 Å². The van der Waals surface area contributed by atoms with Gasteiger partial charge in [-0.3, -0.25) is 10.1 Å². The monoisotopic (exact) mass is 281 g/mol. The lowest BCUT2D eigenvalue weighted by Crippen LogP contribution is -2.23. The third-order valence-corrected chi connectivity index (χ3v) is 2.31. The van der Waals surface area contributed by atoms with Gasteiger partial charge in [-0.15, -0.1) is 0 Å². The van der Waals surface area contributed by atoms with E-state index in [1.807, 2.05) is 41.5 Å². The van der Waals surface area contributed by atoms with Crippen LogP contribution >= 0.6 is 0 Å². The fraction of sp³-hybridized carbons (Fsp3) is 0.600. The molecule has 20 heavy (non-hydrogen) atoms. The zero-order chi connectivity index (χ0) is 15.6. The third kappa shape index (κ3) is 5.57. The average Bonchev–Trinajstić information content (AvgIpc) is 2.24. The number of benzene rings is 1. The summed E-state index contributed by atoms with van der Waals surface area (Å²) in [5.41, 5.74) is -0.0355. The van der Waals surface area contributed by atoms with Crippen LogP contribution in [0.5, 0.6) is 5.75 Å². The lowest BCUT2D eigenvalue weighted by Gasteiger charge is -2.22. The van der Waals surface area contributed by atoms with E-state index in [0.29, 0.717) is 6.61 Å². The first kappa shape index (κ1) is 16.4. The summed E-state index contributed by atoms with van der Waals surface area (Å²) in [5, 5.41) is 11.1. The molecule has 0 N–H and O–H groups in total. The average molecular weight is 281 g/mol. The maximum atomic E-state index is 11.1. The van der Waals surface area contributed by atoms with Crippen LogP contribution in [0.2, 0.25) is 0 Å². The Hall–Kier alpha value is -1.62. The van der Waals surface area contributed by atoms with Gasteiger partial charge in [-0.25, -0.2) is 0 Å². The normalized spacial score (nSPS) is 12.3. The first-order valence-corrected chi connectivity index (χ1v) is 6.58. The second-order valence-electron chi connectivity index (χ2n) is 6.67. The molecule has 0 bridgehead atoms. The van der Waals surface area contributed by atoms with Gasteiger partial charge in [-0.1, -0.05) is 6.07 Å². The predicted octanol–water partition coefficient (Wildman–Crippen LogP) is 4.09. The van der Waals surface area contributed by atoms with Gasteiger partial charge in [-0.2, -0.15) is 0 Å². The summed E-state index contributed by atoms with van der Waals surface area (Å²) < 4.78 is 11.2. The standard InChI is InChI=1S/C15H23NO4/c1-14(2,3)19-10-11-7-8-13(20-15(4,5)6)12(9-11)16(17)18/h7-9H,10H2,1-6H3. The first-order chi connectivity index (χ1) is 8.98. The van der Waals surface area contributed by atoms with Gasteiger partial charge in [0, 0.05) is 6.07 Å². The van der Waals surface area contributed by atoms with Crippen molar-refractivity contribution in [2.75, 3.05) is 0 Å². The maximum Gasteiger partial charge on any atom is 0.311 e. The van der Waals surface area contributed by atoms with Crippen LogP contribution in [0.15, 0.2) is 18.2 Å². The van der Waals surface area contributed by atoms with Gasteiger partial charge in [-0.05, 0) is 53.2 Å². The minimum Gasteiger partial charge on any atom is -0.481 e. The molecule has 0 aliphatic heterocycles. The minimum atomic E-state index is -0.478. The maximum absolute atomic E-state index is 11.1. The molecule has 5 heteroatoms. The summed E-state index contributed by atoms with van der Waals surface area (Å²) in [6, 6.07) is 4.93. The van der Waals surface area contributed by atoms with Crippen molar-refractivity contribution in [2.24, 2.45) is 0 Å². The van der Waals surface area contributed by atoms with E-state index in [1.54, 1.807) is 12.1 Å². The highest BCUT2D eigenvalue weighted by molar-refractivity contribution is 5.48. The van der Waals surface area contributed by atoms with Crippen molar-refractivity contribution in [3.8, 4) is 5.75 Å². The molecular formula is C15H23NO4. The van der Waals surface area contributed by atoms with Gasteiger partial charge in [0.25, 0.3) is 0 Å². The molecule has 0 spiro atoms. The number of nitro benzene ring substituents is 1. The molecule has 1 aromatic rings. The molecule has 0 aromatic heterocycles. The summed E-state index contributed by atoms with van der Waals surface area (Å²) in [6.45, 7) is 11.7. The molecule has 112 valence electrons. The summed E-state index contributed by atoms with van der Waals surface area (Å²) in [5.74, 6) is 0.280. The highest BCUT2D eigenvalue weighted by atomic mass is 16.6. The molecular weight excluding hydrogens is 258 g/mol. The topological polar surface area (TPSA) is 61.6 Å². The molecule has 0 saturated heterocycles. The second kappa shape index (κ2) is 5.79. The van der Waals surface area contributed by atoms with E-state index in [4.69, 9.17) is 9.47 Å². The molecule has 0 unspecified atom stereocenters. The Bertz CT molecular complexity index is 484. The van der Waals surface area contributed by atoms with Crippen LogP contribution in [0.4, 0.5) is 5.69 Å². The lowest BCUT2D eigenvalue weighted by molar-refractivity contribution is -0.386. The van der Waals surface area contributed by atoms with Crippen LogP contribution in [0.1, 0.15) is 47.1 Å². The Labute approximate surface area is 120 Å². The van der Waals surface area contributed by atoms with Crippen LogP contribution in [0.25, 0.3) is 0 Å². The van der Waals surface area contributed by atoms with Crippen molar-refractivity contribution in [3.05, 3.63) is 33.9 Å². The zero-order valence-corrected chi connectivity index (χ0v) is 13.0. The highest BCUT2D eigenvalue weighted by Gasteiger charge is 2.22. The van der Waals surface area contributed by atoms with E-state index < -0.39 is 10.5 Å². The van der Waals surface area contributed by atoms with Crippen LogP contribution in [0.3, 0.4) is 0 Å². The van der Waals surface area contributed by atoms with E-state index in [0.717, 1.165) is 5.56 Å². The van der Waals surface area contributed by atoms with E-state index >= 15 is 0 Å². The summed E-state index contributed by atoms with van der Waals surface area (Å²) in [7, 11) is 0. The van der Waals surface area contributed by atoms with Crippen molar-refractivity contribution >= 4 is 5.69 Å². The van der Waals surface area contributed by atoms with Gasteiger partial charge in [0.2, 0.25) is 0 Å². The fourth-order valence-corrected chi connectivity index (χ4v) is 1.51. The number of nitro groups is 1. The number of hydrogen-bond acceptors (Lipinski definition) is 4. The van der Waals surface area contributed by atoms with Crippen molar-refractivity contribution in [1.29, 1.82) is 0 Å². The smallest absolute Gasteiger partial charge is 0.311 e. The van der Waals surface area contributed by atoms with Gasteiger partial charge < -0.3 is 9.47 Å². The highest BCUT2D eigenvalue weighted by Crippen LogP contribution is 2.31. The SMILES string of the molecule is CC(C)(C)OCc1ccc(OC(C)(C)C)c([N+](=O)[O-])c1. The molecule has 1 rings (SSSR count). The Kier molecular flexibility index (Phi) is 4.76. The Morgan fingerprint density at radius 2 is 1.70 bits per heavy atom. The van der Waals surface area contributed by atoms with Crippen LogP contribution < -0.4 is 4.74 Å². The van der Waals surface area contributed by atoms with Gasteiger partial charge in [0.1, 0.15) is 5.60 Å². The van der Waals surface area contributed by atoms with Crippen molar-refractivity contribution < 1.29 is 14.4 Å². The predicted molar refractivity (Wildman–Crippen MR) is 78.0 cm³/mol. The van der Waals surface area contributed by atoms with E-state index in [9.17, 15) is 10.1 Å². The Morgan fingerprint density at radius 3 is 2.15 bits per heavy atom. The molecule has 0 amide bonds. The van der Waals surface area contributed by atoms with Gasteiger partial charge >= 0.3 is 5.69 Å². The van der Waals surface area contributed by atoms with Crippen LogP contribution in [-0.4, -0.2) is 16.1 Å². The minimum absolute atomic E-state index is 0.0325. The molecule has 0 radical (unpaired) electrons. The zero-order valence-electron chi connectivity index (χ0n) is 13.0. The summed E-state index contributed by atoms with van der Waals surface area (Å²) in [6.07, 6.45) is 0. The van der Waals surface area contributed by atoms with Crippen molar-refractivity contribution in [1.82, 2.24) is 0 Å². The number of nitrogens with zero attached hydrogens (tertiary/aromatic N) is 1. The summed E-state index contributed by atoms with van der Waals surface area (Å²) in [4.78, 5) is 10.7. The largest absolute Gasteiger partial charge is 0.481 e. The van der Waals surface area contributed by atoms with Gasteiger partial charge in [0.05, 0.1) is 17.1 Å². The Balaban J connectivity index is 2.98. The van der Waals surface area contributed by atoms with E-state index in [2.05, 4.69) is 0 Å². The fourth-order valence-electron chi connectivity index (χ4n) is 1.51. The summed E-state index contributed by atoms with van der Waals surface area (Å²) >= 11 is 0.